The Hall–Kier alpha value is -3.81. The smallest absolute Gasteiger partial charge is 0.318 e. The van der Waals surface area contributed by atoms with Crippen LogP contribution in [-0.4, -0.2) is 28.5 Å². The Morgan fingerprint density at radius 1 is 0.857 bits per heavy atom. The minimum atomic E-state index is -0.758. The van der Waals surface area contributed by atoms with Crippen molar-refractivity contribution in [2.75, 3.05) is 7.11 Å². The highest BCUT2D eigenvalue weighted by Crippen LogP contribution is 2.54. The standard InChI is InChI=1S/C30H29IN2O9/c1-29(2)11-19(34)26-23(13-29)41-24-14-30(3,4)12-20(35)27(24)25(26)15-8-17(31)28(22(9-15)40-5)42-21-7-6-16(32(36)37)10-18(21)33(38)39/h6-10,25H,11-14H2,1-5H3. The number of halogens is 1. The van der Waals surface area contributed by atoms with E-state index in [1.807, 2.05) is 50.3 Å². The van der Waals surface area contributed by atoms with Crippen LogP contribution < -0.4 is 9.47 Å². The number of nitro benzene ring substituents is 2. The summed E-state index contributed by atoms with van der Waals surface area (Å²) in [5.41, 5.74) is -0.0413. The van der Waals surface area contributed by atoms with Crippen LogP contribution in [0.15, 0.2) is 53.0 Å². The van der Waals surface area contributed by atoms with E-state index in [1.165, 1.54) is 7.11 Å². The predicted octanol–water partition coefficient (Wildman–Crippen LogP) is 7.31. The number of nitrogens with zero attached hydrogens (tertiary/aromatic N) is 2. The van der Waals surface area contributed by atoms with Crippen molar-refractivity contribution in [2.24, 2.45) is 10.8 Å². The van der Waals surface area contributed by atoms with Gasteiger partial charge >= 0.3 is 5.69 Å². The van der Waals surface area contributed by atoms with Crippen LogP contribution in [0, 0.1) is 34.6 Å². The molecule has 0 radical (unpaired) electrons. The summed E-state index contributed by atoms with van der Waals surface area (Å²) in [5, 5.41) is 22.9. The molecular weight excluding hydrogens is 659 g/mol. The number of ether oxygens (including phenoxy) is 3. The molecule has 11 nitrogen and oxygen atoms in total. The molecule has 2 aromatic rings. The first-order valence-corrected chi connectivity index (χ1v) is 14.4. The van der Waals surface area contributed by atoms with E-state index in [9.17, 15) is 29.8 Å². The molecule has 5 rings (SSSR count). The lowest BCUT2D eigenvalue weighted by molar-refractivity contribution is -0.394. The average Bonchev–Trinajstić information content (AvgIpc) is 2.86. The van der Waals surface area contributed by atoms with Crippen molar-refractivity contribution < 1.29 is 33.6 Å². The SMILES string of the molecule is COc1cc(C2C3=C(CC(C)(C)CC3=O)OC3=C2C(=O)CC(C)(C)C3)cc(I)c1Oc1ccc([N+](=O)[O-])cc1[N+](=O)[O-]. The van der Waals surface area contributed by atoms with Crippen molar-refractivity contribution in [1.82, 2.24) is 0 Å². The number of hydrogen-bond donors (Lipinski definition) is 0. The fraction of sp³-hybridized carbons (Fsp3) is 0.400. The molecular formula is C30H29IN2O9. The zero-order valence-electron chi connectivity index (χ0n) is 23.7. The molecule has 0 saturated carbocycles. The van der Waals surface area contributed by atoms with Gasteiger partial charge in [-0.1, -0.05) is 27.7 Å². The number of carbonyl (C=O) groups excluding carboxylic acids is 2. The molecule has 1 aliphatic heterocycles. The van der Waals surface area contributed by atoms with Crippen LogP contribution in [-0.2, 0) is 14.3 Å². The van der Waals surface area contributed by atoms with Crippen molar-refractivity contribution in [3.05, 3.63) is 82.4 Å². The van der Waals surface area contributed by atoms with Crippen molar-refractivity contribution in [1.29, 1.82) is 0 Å². The third kappa shape index (κ3) is 5.39. The molecule has 3 aliphatic rings. The van der Waals surface area contributed by atoms with Crippen LogP contribution in [0.4, 0.5) is 11.4 Å². The van der Waals surface area contributed by atoms with E-state index in [1.54, 1.807) is 12.1 Å². The Balaban J connectivity index is 1.65. The van der Waals surface area contributed by atoms with E-state index in [0.29, 0.717) is 57.5 Å². The van der Waals surface area contributed by atoms with Crippen molar-refractivity contribution in [2.45, 2.75) is 59.3 Å². The number of Topliss-reactive ketones (excluding diaryl/α,β-unsaturated/α-hetero) is 2. The molecule has 0 unspecified atom stereocenters. The molecule has 0 atom stereocenters. The number of non-ortho nitro benzene ring substituents is 1. The zero-order chi connectivity index (χ0) is 30.7. The number of allylic oxidation sites excluding steroid dienone is 4. The summed E-state index contributed by atoms with van der Waals surface area (Å²) in [4.78, 5) is 48.6. The van der Waals surface area contributed by atoms with Crippen LogP contribution in [0.5, 0.6) is 17.2 Å². The molecule has 2 aromatic carbocycles. The molecule has 0 saturated heterocycles. The van der Waals surface area contributed by atoms with Gasteiger partial charge in [-0.25, -0.2) is 0 Å². The normalized spacial score (nSPS) is 19.6. The Bertz CT molecular complexity index is 1590. The lowest BCUT2D eigenvalue weighted by Gasteiger charge is -2.42. The average molecular weight is 688 g/mol. The molecule has 1 heterocycles. The maximum absolute atomic E-state index is 13.6. The maximum atomic E-state index is 13.6. The highest BCUT2D eigenvalue weighted by Gasteiger charge is 2.48. The van der Waals surface area contributed by atoms with Crippen molar-refractivity contribution >= 4 is 45.5 Å². The van der Waals surface area contributed by atoms with Gasteiger partial charge in [0.1, 0.15) is 11.5 Å². The van der Waals surface area contributed by atoms with Crippen molar-refractivity contribution in [3.63, 3.8) is 0 Å². The fourth-order valence-corrected chi connectivity index (χ4v) is 6.71. The van der Waals surface area contributed by atoms with Gasteiger partial charge in [0.15, 0.2) is 23.1 Å². The zero-order valence-corrected chi connectivity index (χ0v) is 25.9. The molecule has 0 N–H and O–H groups in total. The van der Waals surface area contributed by atoms with E-state index in [-0.39, 0.29) is 39.6 Å². The number of hydrogen-bond acceptors (Lipinski definition) is 9. The monoisotopic (exact) mass is 688 g/mol. The van der Waals surface area contributed by atoms with Gasteiger partial charge in [0.2, 0.25) is 5.75 Å². The quantitative estimate of drug-likeness (QED) is 0.173. The number of rotatable bonds is 6. The third-order valence-corrected chi connectivity index (χ3v) is 8.53. The molecule has 0 bridgehead atoms. The Kier molecular flexibility index (Phi) is 7.40. The van der Waals surface area contributed by atoms with E-state index >= 15 is 0 Å². The van der Waals surface area contributed by atoms with E-state index < -0.39 is 27.1 Å². The van der Waals surface area contributed by atoms with Gasteiger partial charge in [0.25, 0.3) is 5.69 Å². The lowest BCUT2D eigenvalue weighted by atomic mass is 9.65. The Morgan fingerprint density at radius 2 is 1.43 bits per heavy atom. The van der Waals surface area contributed by atoms with Gasteiger partial charge in [-0.05, 0) is 57.2 Å². The topological polar surface area (TPSA) is 148 Å². The van der Waals surface area contributed by atoms with Crippen LogP contribution in [0.25, 0.3) is 0 Å². The van der Waals surface area contributed by atoms with Crippen LogP contribution >= 0.6 is 22.6 Å². The second-order valence-corrected chi connectivity index (χ2v) is 13.6. The van der Waals surface area contributed by atoms with Crippen LogP contribution in [0.1, 0.15) is 64.9 Å². The largest absolute Gasteiger partial charge is 0.493 e. The summed E-state index contributed by atoms with van der Waals surface area (Å²) in [6, 6.07) is 6.55. The molecule has 0 aromatic heterocycles. The van der Waals surface area contributed by atoms with Gasteiger partial charge in [-0.3, -0.25) is 29.8 Å². The first-order chi connectivity index (χ1) is 19.6. The van der Waals surface area contributed by atoms with E-state index in [0.717, 1.165) is 18.2 Å². The van der Waals surface area contributed by atoms with E-state index in [2.05, 4.69) is 0 Å². The first kappa shape index (κ1) is 29.7. The number of nitro groups is 2. The highest BCUT2D eigenvalue weighted by atomic mass is 127. The molecule has 220 valence electrons. The molecule has 0 fully saturated rings. The summed E-state index contributed by atoms with van der Waals surface area (Å²) in [5.74, 6) is 0.514. The van der Waals surface area contributed by atoms with E-state index in [4.69, 9.17) is 14.2 Å². The number of ketones is 2. The van der Waals surface area contributed by atoms with Crippen LogP contribution in [0.3, 0.4) is 0 Å². The maximum Gasteiger partial charge on any atom is 0.318 e. The number of benzene rings is 2. The molecule has 0 spiro atoms. The summed E-state index contributed by atoms with van der Waals surface area (Å²) >= 11 is 2.00. The lowest BCUT2D eigenvalue weighted by Crippen LogP contribution is -2.37. The highest BCUT2D eigenvalue weighted by molar-refractivity contribution is 14.1. The first-order valence-electron chi connectivity index (χ1n) is 13.3. The second-order valence-electron chi connectivity index (χ2n) is 12.4. The second kappa shape index (κ2) is 10.5. The van der Waals surface area contributed by atoms with Crippen molar-refractivity contribution in [3.8, 4) is 17.2 Å². The minimum absolute atomic E-state index is 0.0776. The van der Waals surface area contributed by atoms with Gasteiger partial charge in [0.05, 0.1) is 26.6 Å². The predicted molar refractivity (Wildman–Crippen MR) is 159 cm³/mol. The summed E-state index contributed by atoms with van der Waals surface area (Å²) in [6.07, 6.45) is 1.73. The molecule has 42 heavy (non-hydrogen) atoms. The van der Waals surface area contributed by atoms with Gasteiger partial charge in [-0.2, -0.15) is 0 Å². The molecule has 12 heteroatoms. The summed E-state index contributed by atoms with van der Waals surface area (Å²) in [6.45, 7) is 8.07. The Morgan fingerprint density at radius 3 is 1.93 bits per heavy atom. The number of methoxy groups -OCH3 is 1. The molecule has 0 amide bonds. The van der Waals surface area contributed by atoms with Gasteiger partial charge < -0.3 is 14.2 Å². The fourth-order valence-electron chi connectivity index (χ4n) is 5.97. The summed E-state index contributed by atoms with van der Waals surface area (Å²) < 4.78 is 18.4. The van der Waals surface area contributed by atoms with Gasteiger partial charge in [0, 0.05) is 48.8 Å². The summed E-state index contributed by atoms with van der Waals surface area (Å²) in [7, 11) is 1.41. The Labute approximate surface area is 255 Å². The van der Waals surface area contributed by atoms with Crippen LogP contribution in [0.2, 0.25) is 0 Å². The minimum Gasteiger partial charge on any atom is -0.493 e. The van der Waals surface area contributed by atoms with Gasteiger partial charge in [-0.15, -0.1) is 0 Å². The third-order valence-electron chi connectivity index (χ3n) is 7.73. The number of carbonyl (C=O) groups is 2. The molecule has 2 aliphatic carbocycles.